The first-order chi connectivity index (χ1) is 15.2. The SMILES string of the molecule is Cc1cc(C)n(-c2ccc(NC(=O)CCc3c(C)nc4c(C(N)=O)cnn4c3C)cn2)n1. The molecule has 4 aromatic heterocycles. The molecule has 0 aliphatic carbocycles. The molecule has 4 rings (SSSR count). The van der Waals surface area contributed by atoms with Crippen molar-refractivity contribution in [1.29, 1.82) is 0 Å². The summed E-state index contributed by atoms with van der Waals surface area (Å²) in [6, 6.07) is 5.59. The number of carbonyl (C=O) groups excluding carboxylic acids is 2. The van der Waals surface area contributed by atoms with Crippen LogP contribution >= 0.6 is 0 Å². The second-order valence-electron chi connectivity index (χ2n) is 7.71. The lowest BCUT2D eigenvalue weighted by molar-refractivity contribution is -0.116. The summed E-state index contributed by atoms with van der Waals surface area (Å²) in [6.07, 6.45) is 3.77. The molecular formula is C22H24N8O2. The number of nitrogens with zero attached hydrogens (tertiary/aromatic N) is 6. The van der Waals surface area contributed by atoms with Crippen molar-refractivity contribution < 1.29 is 9.59 Å². The van der Waals surface area contributed by atoms with E-state index in [4.69, 9.17) is 5.73 Å². The van der Waals surface area contributed by atoms with Gasteiger partial charge in [-0.25, -0.2) is 19.2 Å². The predicted molar refractivity (Wildman–Crippen MR) is 119 cm³/mol. The van der Waals surface area contributed by atoms with Crippen LogP contribution < -0.4 is 11.1 Å². The summed E-state index contributed by atoms with van der Waals surface area (Å²) in [4.78, 5) is 33.0. The molecule has 2 amide bonds. The van der Waals surface area contributed by atoms with E-state index in [0.29, 0.717) is 23.6 Å². The number of anilines is 1. The molecule has 0 atom stereocenters. The number of hydrogen-bond acceptors (Lipinski definition) is 6. The molecule has 4 heterocycles. The number of nitrogens with one attached hydrogen (secondary N) is 1. The third kappa shape index (κ3) is 3.94. The zero-order chi connectivity index (χ0) is 23.0. The van der Waals surface area contributed by atoms with Gasteiger partial charge in [-0.1, -0.05) is 0 Å². The molecule has 10 heteroatoms. The number of rotatable bonds is 6. The van der Waals surface area contributed by atoms with Crippen LogP contribution in [0.4, 0.5) is 5.69 Å². The van der Waals surface area contributed by atoms with E-state index in [0.717, 1.165) is 28.3 Å². The minimum Gasteiger partial charge on any atom is -0.365 e. The monoisotopic (exact) mass is 432 g/mol. The molecule has 4 aromatic rings. The molecule has 0 saturated heterocycles. The van der Waals surface area contributed by atoms with Gasteiger partial charge in [0.1, 0.15) is 5.56 Å². The van der Waals surface area contributed by atoms with Crippen LogP contribution in [-0.2, 0) is 11.2 Å². The van der Waals surface area contributed by atoms with Crippen molar-refractivity contribution in [2.75, 3.05) is 5.32 Å². The molecule has 0 aromatic carbocycles. The highest BCUT2D eigenvalue weighted by atomic mass is 16.2. The number of aryl methyl sites for hydroxylation is 4. The zero-order valence-corrected chi connectivity index (χ0v) is 18.4. The van der Waals surface area contributed by atoms with Crippen LogP contribution in [-0.4, -0.2) is 41.2 Å². The Hall–Kier alpha value is -4.08. The number of primary amides is 1. The van der Waals surface area contributed by atoms with Crippen molar-refractivity contribution in [2.24, 2.45) is 5.73 Å². The van der Waals surface area contributed by atoms with Crippen LogP contribution in [0.25, 0.3) is 11.5 Å². The number of aromatic nitrogens is 6. The summed E-state index contributed by atoms with van der Waals surface area (Å²) in [5, 5.41) is 11.5. The summed E-state index contributed by atoms with van der Waals surface area (Å²) >= 11 is 0. The number of pyridine rings is 1. The van der Waals surface area contributed by atoms with Crippen molar-refractivity contribution >= 4 is 23.1 Å². The van der Waals surface area contributed by atoms with Crippen molar-refractivity contribution in [3.05, 3.63) is 64.5 Å². The fourth-order valence-corrected chi connectivity index (χ4v) is 3.75. The molecule has 0 aliphatic rings. The van der Waals surface area contributed by atoms with E-state index in [-0.39, 0.29) is 17.9 Å². The van der Waals surface area contributed by atoms with Gasteiger partial charge >= 0.3 is 0 Å². The van der Waals surface area contributed by atoms with Gasteiger partial charge in [-0.15, -0.1) is 0 Å². The number of carbonyl (C=O) groups is 2. The zero-order valence-electron chi connectivity index (χ0n) is 18.4. The van der Waals surface area contributed by atoms with Gasteiger partial charge in [-0.05, 0) is 57.9 Å². The van der Waals surface area contributed by atoms with E-state index < -0.39 is 5.91 Å². The van der Waals surface area contributed by atoms with Crippen molar-refractivity contribution in [2.45, 2.75) is 40.5 Å². The van der Waals surface area contributed by atoms with E-state index in [9.17, 15) is 9.59 Å². The predicted octanol–water partition coefficient (Wildman–Crippen LogP) is 2.21. The Balaban J connectivity index is 1.44. The highest BCUT2D eigenvalue weighted by Gasteiger charge is 2.17. The molecule has 0 spiro atoms. The molecule has 0 radical (unpaired) electrons. The van der Waals surface area contributed by atoms with Crippen molar-refractivity contribution in [1.82, 2.24) is 29.4 Å². The van der Waals surface area contributed by atoms with E-state index in [1.807, 2.05) is 39.8 Å². The first-order valence-electron chi connectivity index (χ1n) is 10.2. The highest BCUT2D eigenvalue weighted by molar-refractivity contribution is 5.98. The van der Waals surface area contributed by atoms with Crippen molar-refractivity contribution in [3.63, 3.8) is 0 Å². The Labute approximate surface area is 184 Å². The van der Waals surface area contributed by atoms with Gasteiger partial charge in [0.2, 0.25) is 5.91 Å². The van der Waals surface area contributed by atoms with Crippen LogP contribution in [0.5, 0.6) is 0 Å². The number of hydrogen-bond donors (Lipinski definition) is 2. The normalized spacial score (nSPS) is 11.1. The molecule has 32 heavy (non-hydrogen) atoms. The maximum atomic E-state index is 12.5. The second-order valence-corrected chi connectivity index (χ2v) is 7.71. The smallest absolute Gasteiger partial charge is 0.254 e. The molecule has 0 saturated carbocycles. The molecule has 0 unspecified atom stereocenters. The summed E-state index contributed by atoms with van der Waals surface area (Å²) in [7, 11) is 0. The summed E-state index contributed by atoms with van der Waals surface area (Å²) < 4.78 is 3.34. The van der Waals surface area contributed by atoms with Gasteiger partial charge in [0.25, 0.3) is 5.91 Å². The van der Waals surface area contributed by atoms with E-state index in [1.165, 1.54) is 6.20 Å². The maximum absolute atomic E-state index is 12.5. The average Bonchev–Trinajstić information content (AvgIpc) is 3.31. The van der Waals surface area contributed by atoms with Gasteiger partial charge in [0.05, 0.1) is 23.8 Å². The number of amides is 2. The molecule has 0 fully saturated rings. The van der Waals surface area contributed by atoms with Gasteiger partial charge in [0, 0.05) is 23.5 Å². The van der Waals surface area contributed by atoms with Crippen LogP contribution in [0.1, 0.15) is 45.1 Å². The van der Waals surface area contributed by atoms with Gasteiger partial charge in [-0.3, -0.25) is 9.59 Å². The van der Waals surface area contributed by atoms with Crippen LogP contribution in [0.15, 0.2) is 30.6 Å². The summed E-state index contributed by atoms with van der Waals surface area (Å²) in [5.74, 6) is -0.0208. The lowest BCUT2D eigenvalue weighted by atomic mass is 10.1. The minimum atomic E-state index is -0.573. The molecule has 0 aliphatic heterocycles. The Bertz CT molecular complexity index is 1330. The van der Waals surface area contributed by atoms with Crippen LogP contribution in [0.2, 0.25) is 0 Å². The lowest BCUT2D eigenvalue weighted by Gasteiger charge is -2.12. The molecule has 0 bridgehead atoms. The average molecular weight is 432 g/mol. The Morgan fingerprint density at radius 2 is 1.91 bits per heavy atom. The third-order valence-electron chi connectivity index (χ3n) is 5.33. The minimum absolute atomic E-state index is 0.136. The Morgan fingerprint density at radius 3 is 2.53 bits per heavy atom. The first kappa shape index (κ1) is 21.2. The topological polar surface area (TPSA) is 133 Å². The van der Waals surface area contributed by atoms with Crippen molar-refractivity contribution in [3.8, 4) is 5.82 Å². The van der Waals surface area contributed by atoms with Gasteiger partial charge < -0.3 is 11.1 Å². The fraction of sp³-hybridized carbons (Fsp3) is 0.273. The quantitative estimate of drug-likeness (QED) is 0.480. The largest absolute Gasteiger partial charge is 0.365 e. The van der Waals surface area contributed by atoms with E-state index in [2.05, 4.69) is 25.5 Å². The molecular weight excluding hydrogens is 408 g/mol. The lowest BCUT2D eigenvalue weighted by Crippen LogP contribution is -2.15. The van der Waals surface area contributed by atoms with E-state index in [1.54, 1.807) is 21.5 Å². The standard InChI is InChI=1S/C22H24N8O2/c1-12-9-13(2)29(28-12)19-7-5-16(10-24-19)27-20(31)8-6-17-14(3)26-22-18(21(23)32)11-25-30(22)15(17)4/h5,7,9-11H,6,8H2,1-4H3,(H2,23,32)(H,27,31). The first-order valence-corrected chi connectivity index (χ1v) is 10.2. The van der Waals surface area contributed by atoms with Crippen LogP contribution in [0.3, 0.4) is 0 Å². The maximum Gasteiger partial charge on any atom is 0.254 e. The molecule has 10 nitrogen and oxygen atoms in total. The molecule has 164 valence electrons. The second kappa shape index (κ2) is 8.22. The number of nitrogens with two attached hydrogens (primary N) is 1. The Morgan fingerprint density at radius 1 is 1.12 bits per heavy atom. The fourth-order valence-electron chi connectivity index (χ4n) is 3.75. The van der Waals surface area contributed by atoms with Gasteiger partial charge in [-0.2, -0.15) is 10.2 Å². The van der Waals surface area contributed by atoms with Crippen LogP contribution in [0, 0.1) is 27.7 Å². The third-order valence-corrected chi connectivity index (χ3v) is 5.33. The molecule has 3 N–H and O–H groups in total. The summed E-state index contributed by atoms with van der Waals surface area (Å²) in [6.45, 7) is 7.62. The number of fused-ring (bicyclic) bond motifs is 1. The summed E-state index contributed by atoms with van der Waals surface area (Å²) in [5.41, 5.74) is 11.1. The Kier molecular flexibility index (Phi) is 5.43. The highest BCUT2D eigenvalue weighted by Crippen LogP contribution is 2.19. The van der Waals surface area contributed by atoms with E-state index >= 15 is 0 Å². The van der Waals surface area contributed by atoms with Gasteiger partial charge in [0.15, 0.2) is 11.5 Å².